The summed E-state index contributed by atoms with van der Waals surface area (Å²) in [6, 6.07) is 0. The molecule has 15 heavy (non-hydrogen) atoms. The van der Waals surface area contributed by atoms with Crippen LogP contribution in [0.1, 0.15) is 32.6 Å². The van der Waals surface area contributed by atoms with Crippen molar-refractivity contribution in [3.8, 4) is 0 Å². The normalized spacial score (nSPS) is 33.3. The van der Waals surface area contributed by atoms with Crippen molar-refractivity contribution in [1.82, 2.24) is 4.90 Å². The molecule has 1 aliphatic heterocycles. The van der Waals surface area contributed by atoms with Gasteiger partial charge in [0, 0.05) is 32.0 Å². The molecule has 2 aliphatic rings. The highest BCUT2D eigenvalue weighted by atomic mass is 16.1. The predicted molar refractivity (Wildman–Crippen MR) is 61.7 cm³/mol. The van der Waals surface area contributed by atoms with Crippen LogP contribution in [0.3, 0.4) is 0 Å². The van der Waals surface area contributed by atoms with Crippen LogP contribution in [0.2, 0.25) is 0 Å². The zero-order valence-electron chi connectivity index (χ0n) is 9.61. The molecular formula is C13H21NO. The first-order chi connectivity index (χ1) is 7.25. The maximum Gasteiger partial charge on any atom is 0.138 e. The second kappa shape index (κ2) is 4.93. The van der Waals surface area contributed by atoms with E-state index in [2.05, 4.69) is 24.0 Å². The molecule has 2 unspecified atom stereocenters. The van der Waals surface area contributed by atoms with Gasteiger partial charge in [-0.25, -0.2) is 0 Å². The van der Waals surface area contributed by atoms with E-state index in [-0.39, 0.29) is 5.92 Å². The van der Waals surface area contributed by atoms with E-state index in [9.17, 15) is 4.79 Å². The van der Waals surface area contributed by atoms with E-state index in [4.69, 9.17) is 0 Å². The maximum atomic E-state index is 11.4. The molecule has 1 aliphatic carbocycles. The first-order valence-corrected chi connectivity index (χ1v) is 6.16. The molecule has 0 aromatic rings. The Morgan fingerprint density at radius 3 is 3.00 bits per heavy atom. The third kappa shape index (κ3) is 2.91. The van der Waals surface area contributed by atoms with E-state index in [0.29, 0.717) is 5.78 Å². The van der Waals surface area contributed by atoms with Crippen molar-refractivity contribution < 1.29 is 4.79 Å². The zero-order valence-corrected chi connectivity index (χ0v) is 9.61. The predicted octanol–water partition coefficient (Wildman–Crippen LogP) is 2.25. The molecule has 0 radical (unpaired) electrons. The van der Waals surface area contributed by atoms with Crippen LogP contribution in [0.15, 0.2) is 12.2 Å². The zero-order chi connectivity index (χ0) is 10.7. The molecule has 0 amide bonds. The molecule has 2 heteroatoms. The largest absolute Gasteiger partial charge is 0.302 e. The van der Waals surface area contributed by atoms with Gasteiger partial charge in [-0.05, 0) is 25.2 Å². The van der Waals surface area contributed by atoms with Gasteiger partial charge in [0.05, 0.1) is 0 Å². The number of ketones is 1. The molecular weight excluding hydrogens is 186 g/mol. The second-order valence-electron chi connectivity index (χ2n) is 5.03. The summed E-state index contributed by atoms with van der Waals surface area (Å²) in [7, 11) is 0. The number of rotatable bonds is 2. The number of allylic oxidation sites excluding steroid dienone is 2. The van der Waals surface area contributed by atoms with Crippen molar-refractivity contribution in [3.63, 3.8) is 0 Å². The van der Waals surface area contributed by atoms with Gasteiger partial charge >= 0.3 is 0 Å². The number of carbonyl (C=O) groups excluding carboxylic acids is 1. The van der Waals surface area contributed by atoms with Crippen molar-refractivity contribution in [2.45, 2.75) is 32.6 Å². The Labute approximate surface area is 92.3 Å². The van der Waals surface area contributed by atoms with Crippen molar-refractivity contribution in [1.29, 1.82) is 0 Å². The molecule has 84 valence electrons. The molecule has 2 rings (SSSR count). The van der Waals surface area contributed by atoms with E-state index in [0.717, 1.165) is 25.4 Å². The van der Waals surface area contributed by atoms with Gasteiger partial charge in [0.15, 0.2) is 0 Å². The van der Waals surface area contributed by atoms with Gasteiger partial charge in [0.1, 0.15) is 5.78 Å². The van der Waals surface area contributed by atoms with Crippen LogP contribution in [0.25, 0.3) is 0 Å². The molecule has 1 heterocycles. The minimum absolute atomic E-state index is 0.262. The maximum absolute atomic E-state index is 11.4. The molecule has 1 fully saturated rings. The number of likely N-dealkylation sites (tertiary alicyclic amines) is 1. The number of Topliss-reactive ketones (excluding diaryl/α,β-unsaturated/α-hetero) is 1. The SMILES string of the molecule is CC1CN(CC2CC=CCC2)CCC1=O. The smallest absolute Gasteiger partial charge is 0.138 e. The van der Waals surface area contributed by atoms with Crippen LogP contribution in [-0.4, -0.2) is 30.3 Å². The van der Waals surface area contributed by atoms with E-state index >= 15 is 0 Å². The van der Waals surface area contributed by atoms with Crippen LogP contribution >= 0.6 is 0 Å². The molecule has 0 saturated carbocycles. The Morgan fingerprint density at radius 2 is 2.33 bits per heavy atom. The first kappa shape index (κ1) is 10.9. The highest BCUT2D eigenvalue weighted by molar-refractivity contribution is 5.81. The fourth-order valence-corrected chi connectivity index (χ4v) is 2.65. The van der Waals surface area contributed by atoms with Gasteiger partial charge in [-0.15, -0.1) is 0 Å². The van der Waals surface area contributed by atoms with Gasteiger partial charge in [-0.3, -0.25) is 4.79 Å². The summed E-state index contributed by atoms with van der Waals surface area (Å²) >= 11 is 0. The monoisotopic (exact) mass is 207 g/mol. The fraction of sp³-hybridized carbons (Fsp3) is 0.769. The Kier molecular flexibility index (Phi) is 3.57. The molecule has 0 bridgehead atoms. The van der Waals surface area contributed by atoms with Crippen LogP contribution in [0.4, 0.5) is 0 Å². The summed E-state index contributed by atoms with van der Waals surface area (Å²) in [5.74, 6) is 1.54. The summed E-state index contributed by atoms with van der Waals surface area (Å²) in [6.07, 6.45) is 9.18. The van der Waals surface area contributed by atoms with E-state index in [1.54, 1.807) is 0 Å². The minimum Gasteiger partial charge on any atom is -0.302 e. The van der Waals surface area contributed by atoms with Crippen LogP contribution in [0, 0.1) is 11.8 Å². The Bertz CT molecular complexity index is 259. The summed E-state index contributed by atoms with van der Waals surface area (Å²) in [5.41, 5.74) is 0. The summed E-state index contributed by atoms with van der Waals surface area (Å²) in [5, 5.41) is 0. The van der Waals surface area contributed by atoms with Gasteiger partial charge in [-0.1, -0.05) is 19.1 Å². The van der Waals surface area contributed by atoms with Crippen molar-refractivity contribution in [2.24, 2.45) is 11.8 Å². The second-order valence-corrected chi connectivity index (χ2v) is 5.03. The number of piperidine rings is 1. The summed E-state index contributed by atoms with van der Waals surface area (Å²) in [4.78, 5) is 13.9. The molecule has 2 nitrogen and oxygen atoms in total. The van der Waals surface area contributed by atoms with Gasteiger partial charge in [0.25, 0.3) is 0 Å². The van der Waals surface area contributed by atoms with Crippen LogP contribution < -0.4 is 0 Å². The highest BCUT2D eigenvalue weighted by Gasteiger charge is 2.25. The number of nitrogens with zero attached hydrogens (tertiary/aromatic N) is 1. The standard InChI is InChI=1S/C13H21NO/c1-11-9-14(8-7-13(11)15)10-12-5-3-2-4-6-12/h2-3,11-12H,4-10H2,1H3. The quantitative estimate of drug-likeness (QED) is 0.647. The third-order valence-corrected chi connectivity index (χ3v) is 3.65. The van der Waals surface area contributed by atoms with Crippen molar-refractivity contribution >= 4 is 5.78 Å². The van der Waals surface area contributed by atoms with E-state index < -0.39 is 0 Å². The van der Waals surface area contributed by atoms with E-state index in [1.165, 1.54) is 25.8 Å². The molecule has 0 aromatic carbocycles. The van der Waals surface area contributed by atoms with Crippen molar-refractivity contribution in [2.75, 3.05) is 19.6 Å². The summed E-state index contributed by atoms with van der Waals surface area (Å²) < 4.78 is 0. The topological polar surface area (TPSA) is 20.3 Å². The van der Waals surface area contributed by atoms with Crippen LogP contribution in [-0.2, 0) is 4.79 Å². The Hall–Kier alpha value is -0.630. The molecule has 0 spiro atoms. The van der Waals surface area contributed by atoms with Crippen LogP contribution in [0.5, 0.6) is 0 Å². The molecule has 0 N–H and O–H groups in total. The third-order valence-electron chi connectivity index (χ3n) is 3.65. The van der Waals surface area contributed by atoms with E-state index in [1.807, 2.05) is 0 Å². The average Bonchev–Trinajstić information content (AvgIpc) is 2.25. The Morgan fingerprint density at radius 1 is 1.47 bits per heavy atom. The first-order valence-electron chi connectivity index (χ1n) is 6.16. The number of hydrogen-bond acceptors (Lipinski definition) is 2. The molecule has 0 aromatic heterocycles. The number of carbonyl (C=O) groups is 1. The lowest BCUT2D eigenvalue weighted by Gasteiger charge is -2.33. The number of hydrogen-bond donors (Lipinski definition) is 0. The fourth-order valence-electron chi connectivity index (χ4n) is 2.65. The average molecular weight is 207 g/mol. The summed E-state index contributed by atoms with van der Waals surface area (Å²) in [6.45, 7) is 5.24. The van der Waals surface area contributed by atoms with Crippen molar-refractivity contribution in [3.05, 3.63) is 12.2 Å². The van der Waals surface area contributed by atoms with Gasteiger partial charge < -0.3 is 4.90 Å². The minimum atomic E-state index is 0.262. The molecule has 1 saturated heterocycles. The highest BCUT2D eigenvalue weighted by Crippen LogP contribution is 2.21. The lowest BCUT2D eigenvalue weighted by Crippen LogP contribution is -2.42. The lowest BCUT2D eigenvalue weighted by molar-refractivity contribution is -0.125. The van der Waals surface area contributed by atoms with Gasteiger partial charge in [-0.2, -0.15) is 0 Å². The Balaban J connectivity index is 1.79. The lowest BCUT2D eigenvalue weighted by atomic mass is 9.92. The molecule has 2 atom stereocenters. The van der Waals surface area contributed by atoms with Gasteiger partial charge in [0.2, 0.25) is 0 Å².